The molecule has 0 spiro atoms. The van der Waals surface area contributed by atoms with Crippen LogP contribution in [-0.4, -0.2) is 52.1 Å². The zero-order valence-electron chi connectivity index (χ0n) is 18.4. The number of thioether (sulfide) groups is 1. The van der Waals surface area contributed by atoms with E-state index in [0.29, 0.717) is 59.4 Å². The Morgan fingerprint density at radius 2 is 1.84 bits per heavy atom. The number of nitrogens with one attached hydrogen (secondary N) is 1. The number of carbonyl (C=O) groups excluding carboxylic acids is 2. The molecule has 0 aliphatic carbocycles. The summed E-state index contributed by atoms with van der Waals surface area (Å²) in [5, 5.41) is 3.76. The highest BCUT2D eigenvalue weighted by Crippen LogP contribution is 2.27. The minimum absolute atomic E-state index is 0.0462. The number of carbonyl (C=O) groups is 2. The number of benzene rings is 1. The summed E-state index contributed by atoms with van der Waals surface area (Å²) in [5.41, 5.74) is 2.82. The van der Waals surface area contributed by atoms with E-state index >= 15 is 0 Å². The standard InChI is InChI=1S/C24H26N4O3S/c1-15-7-4-5-8-18(15)22(29)26-17-10-12-28(13-11-17)24(30)20-16(2)25-21(27-23(20)32-3)19-9-6-14-31-19/h4-9,14,17H,10-13H2,1-3H3,(H,26,29). The van der Waals surface area contributed by atoms with Crippen LogP contribution in [0.15, 0.2) is 52.1 Å². The quantitative estimate of drug-likeness (QED) is 0.465. The van der Waals surface area contributed by atoms with Gasteiger partial charge in [0.25, 0.3) is 11.8 Å². The monoisotopic (exact) mass is 450 g/mol. The average molecular weight is 451 g/mol. The minimum atomic E-state index is -0.0680. The number of nitrogens with zero attached hydrogens (tertiary/aromatic N) is 3. The summed E-state index contributed by atoms with van der Waals surface area (Å²) < 4.78 is 5.41. The second-order valence-electron chi connectivity index (χ2n) is 7.85. The van der Waals surface area contributed by atoms with Crippen molar-refractivity contribution in [1.29, 1.82) is 0 Å². The molecule has 32 heavy (non-hydrogen) atoms. The number of aromatic nitrogens is 2. The molecule has 3 heterocycles. The van der Waals surface area contributed by atoms with Crippen LogP contribution in [0.5, 0.6) is 0 Å². The van der Waals surface area contributed by atoms with E-state index in [1.807, 2.05) is 49.3 Å². The maximum Gasteiger partial charge on any atom is 0.258 e. The predicted molar refractivity (Wildman–Crippen MR) is 124 cm³/mol. The first kappa shape index (κ1) is 22.1. The normalized spacial score (nSPS) is 14.4. The third kappa shape index (κ3) is 4.55. The highest BCUT2D eigenvalue weighted by Gasteiger charge is 2.28. The molecule has 1 N–H and O–H groups in total. The molecule has 0 unspecified atom stereocenters. The molecule has 1 fully saturated rings. The van der Waals surface area contributed by atoms with Crippen molar-refractivity contribution in [3.8, 4) is 11.6 Å². The van der Waals surface area contributed by atoms with Crippen molar-refractivity contribution in [1.82, 2.24) is 20.2 Å². The van der Waals surface area contributed by atoms with Gasteiger partial charge in [-0.2, -0.15) is 0 Å². The van der Waals surface area contributed by atoms with Gasteiger partial charge in [0, 0.05) is 24.7 Å². The third-order valence-corrected chi connectivity index (χ3v) is 6.39. The Morgan fingerprint density at radius 3 is 2.50 bits per heavy atom. The molecular weight excluding hydrogens is 424 g/mol. The number of hydrogen-bond acceptors (Lipinski definition) is 6. The Bertz CT molecular complexity index is 1120. The lowest BCUT2D eigenvalue weighted by Crippen LogP contribution is -2.47. The second kappa shape index (κ2) is 9.56. The van der Waals surface area contributed by atoms with E-state index in [9.17, 15) is 9.59 Å². The lowest BCUT2D eigenvalue weighted by molar-refractivity contribution is 0.0692. The van der Waals surface area contributed by atoms with Gasteiger partial charge in [-0.1, -0.05) is 18.2 Å². The van der Waals surface area contributed by atoms with E-state index in [4.69, 9.17) is 4.42 Å². The van der Waals surface area contributed by atoms with E-state index in [2.05, 4.69) is 15.3 Å². The number of aryl methyl sites for hydroxylation is 2. The van der Waals surface area contributed by atoms with Crippen LogP contribution in [-0.2, 0) is 0 Å². The Balaban J connectivity index is 1.43. The molecule has 2 aromatic heterocycles. The zero-order valence-corrected chi connectivity index (χ0v) is 19.2. The van der Waals surface area contributed by atoms with Crippen molar-refractivity contribution in [2.24, 2.45) is 0 Å². The summed E-state index contributed by atoms with van der Waals surface area (Å²) in [7, 11) is 0. The molecule has 1 saturated heterocycles. The molecule has 2 amide bonds. The zero-order chi connectivity index (χ0) is 22.7. The molecule has 0 radical (unpaired) electrons. The first-order valence-corrected chi connectivity index (χ1v) is 11.8. The maximum atomic E-state index is 13.3. The number of hydrogen-bond donors (Lipinski definition) is 1. The molecule has 3 aromatic rings. The Morgan fingerprint density at radius 1 is 1.09 bits per heavy atom. The van der Waals surface area contributed by atoms with Crippen LogP contribution in [0.2, 0.25) is 0 Å². The largest absolute Gasteiger partial charge is 0.461 e. The smallest absolute Gasteiger partial charge is 0.258 e. The second-order valence-corrected chi connectivity index (χ2v) is 8.64. The van der Waals surface area contributed by atoms with Crippen LogP contribution in [0.25, 0.3) is 11.6 Å². The van der Waals surface area contributed by atoms with Gasteiger partial charge in [0.1, 0.15) is 5.03 Å². The molecule has 7 nitrogen and oxygen atoms in total. The minimum Gasteiger partial charge on any atom is -0.461 e. The van der Waals surface area contributed by atoms with Gasteiger partial charge in [-0.3, -0.25) is 9.59 Å². The first-order chi connectivity index (χ1) is 15.5. The summed E-state index contributed by atoms with van der Waals surface area (Å²) in [4.78, 5) is 36.8. The molecule has 0 saturated carbocycles. The van der Waals surface area contributed by atoms with Gasteiger partial charge in [0.05, 0.1) is 17.5 Å². The van der Waals surface area contributed by atoms with Gasteiger partial charge >= 0.3 is 0 Å². The fraction of sp³-hybridized carbons (Fsp3) is 0.333. The Kier molecular flexibility index (Phi) is 6.60. The molecule has 4 rings (SSSR count). The number of furan rings is 1. The van der Waals surface area contributed by atoms with Gasteiger partial charge in [-0.15, -0.1) is 11.8 Å². The molecule has 0 atom stereocenters. The molecule has 0 bridgehead atoms. The Labute approximate surface area is 191 Å². The molecule has 166 valence electrons. The van der Waals surface area contributed by atoms with Crippen molar-refractivity contribution >= 4 is 23.6 Å². The SMILES string of the molecule is CSc1nc(-c2ccco2)nc(C)c1C(=O)N1CCC(NC(=O)c2ccccc2C)CC1. The number of amides is 2. The molecule has 1 aromatic carbocycles. The highest BCUT2D eigenvalue weighted by molar-refractivity contribution is 7.98. The van der Waals surface area contributed by atoms with Crippen LogP contribution < -0.4 is 5.32 Å². The van der Waals surface area contributed by atoms with Crippen LogP contribution >= 0.6 is 11.8 Å². The van der Waals surface area contributed by atoms with Crippen molar-refractivity contribution in [3.05, 3.63) is 65.0 Å². The van der Waals surface area contributed by atoms with E-state index in [1.165, 1.54) is 11.8 Å². The molecular formula is C24H26N4O3S. The van der Waals surface area contributed by atoms with Crippen molar-refractivity contribution in [3.63, 3.8) is 0 Å². The van der Waals surface area contributed by atoms with Gasteiger partial charge in [0.2, 0.25) is 0 Å². The van der Waals surface area contributed by atoms with Crippen LogP contribution in [0, 0.1) is 13.8 Å². The summed E-state index contributed by atoms with van der Waals surface area (Å²) >= 11 is 1.42. The van der Waals surface area contributed by atoms with Crippen molar-refractivity contribution in [2.75, 3.05) is 19.3 Å². The van der Waals surface area contributed by atoms with Crippen LogP contribution in [0.4, 0.5) is 0 Å². The number of likely N-dealkylation sites (tertiary alicyclic amines) is 1. The third-order valence-electron chi connectivity index (χ3n) is 5.71. The number of rotatable bonds is 5. The summed E-state index contributed by atoms with van der Waals surface area (Å²) in [6.07, 6.45) is 4.90. The van der Waals surface area contributed by atoms with Crippen molar-refractivity contribution in [2.45, 2.75) is 37.8 Å². The van der Waals surface area contributed by atoms with E-state index in [1.54, 1.807) is 18.4 Å². The topological polar surface area (TPSA) is 88.3 Å². The summed E-state index contributed by atoms with van der Waals surface area (Å²) in [5.74, 6) is 0.926. The molecule has 8 heteroatoms. The average Bonchev–Trinajstić information content (AvgIpc) is 3.34. The summed E-state index contributed by atoms with van der Waals surface area (Å²) in [6, 6.07) is 11.2. The van der Waals surface area contributed by atoms with Gasteiger partial charge < -0.3 is 14.6 Å². The fourth-order valence-electron chi connectivity index (χ4n) is 3.93. The van der Waals surface area contributed by atoms with E-state index in [0.717, 1.165) is 5.56 Å². The Hall–Kier alpha value is -3.13. The first-order valence-electron chi connectivity index (χ1n) is 10.6. The summed E-state index contributed by atoms with van der Waals surface area (Å²) in [6.45, 7) is 4.91. The molecule has 1 aliphatic heterocycles. The van der Waals surface area contributed by atoms with Gasteiger partial charge in [-0.25, -0.2) is 9.97 Å². The maximum absolute atomic E-state index is 13.3. The molecule has 1 aliphatic rings. The predicted octanol–water partition coefficient (Wildman–Crippen LogP) is 4.11. The van der Waals surface area contributed by atoms with Crippen LogP contribution in [0.3, 0.4) is 0 Å². The van der Waals surface area contributed by atoms with Crippen LogP contribution in [0.1, 0.15) is 44.8 Å². The lowest BCUT2D eigenvalue weighted by Gasteiger charge is -2.33. The van der Waals surface area contributed by atoms with Gasteiger partial charge in [0.15, 0.2) is 11.6 Å². The number of piperidine rings is 1. The van der Waals surface area contributed by atoms with Crippen molar-refractivity contribution < 1.29 is 14.0 Å². The fourth-order valence-corrected chi connectivity index (χ4v) is 4.55. The van der Waals surface area contributed by atoms with E-state index in [-0.39, 0.29) is 17.9 Å². The highest BCUT2D eigenvalue weighted by atomic mass is 32.2. The van der Waals surface area contributed by atoms with Gasteiger partial charge in [-0.05, 0) is 56.7 Å². The lowest BCUT2D eigenvalue weighted by atomic mass is 10.0. The van der Waals surface area contributed by atoms with E-state index < -0.39 is 0 Å².